The molecule has 1 amide bonds. The van der Waals surface area contributed by atoms with Crippen LogP contribution in [0.4, 0.5) is 0 Å². The van der Waals surface area contributed by atoms with Gasteiger partial charge in [0.1, 0.15) is 11.6 Å². The monoisotopic (exact) mass is 348 g/mol. The molecular formula is C18H28N4O3. The van der Waals surface area contributed by atoms with Gasteiger partial charge in [-0.1, -0.05) is 12.8 Å². The van der Waals surface area contributed by atoms with E-state index in [-0.39, 0.29) is 17.7 Å². The molecule has 2 N–H and O–H groups in total. The van der Waals surface area contributed by atoms with E-state index in [4.69, 9.17) is 5.11 Å². The summed E-state index contributed by atoms with van der Waals surface area (Å²) >= 11 is 0. The summed E-state index contributed by atoms with van der Waals surface area (Å²) in [6.07, 6.45) is 9.06. The van der Waals surface area contributed by atoms with Gasteiger partial charge in [0.15, 0.2) is 0 Å². The first kappa shape index (κ1) is 17.9. The zero-order chi connectivity index (χ0) is 17.6. The fraction of sp³-hybridized carbons (Fsp3) is 0.778. The highest BCUT2D eigenvalue weighted by atomic mass is 16.4. The highest BCUT2D eigenvalue weighted by Gasteiger charge is 2.30. The smallest absolute Gasteiger partial charge is 0.306 e. The number of carbonyl (C=O) groups is 2. The van der Waals surface area contributed by atoms with Gasteiger partial charge in [0.25, 0.3) is 0 Å². The number of amides is 1. The summed E-state index contributed by atoms with van der Waals surface area (Å²) in [6, 6.07) is 0. The number of fused-ring (bicyclic) bond motifs is 1. The van der Waals surface area contributed by atoms with Crippen molar-refractivity contribution in [2.24, 2.45) is 11.8 Å². The molecule has 2 aliphatic rings. The average Bonchev–Trinajstić information content (AvgIpc) is 2.85. The minimum Gasteiger partial charge on any atom is -0.481 e. The van der Waals surface area contributed by atoms with Crippen LogP contribution in [0.15, 0.2) is 0 Å². The van der Waals surface area contributed by atoms with Crippen molar-refractivity contribution in [1.82, 2.24) is 20.1 Å². The molecule has 0 aromatic carbocycles. The van der Waals surface area contributed by atoms with E-state index in [1.54, 1.807) is 0 Å². The Hall–Kier alpha value is -1.92. The second-order valence-corrected chi connectivity index (χ2v) is 7.29. The normalized spacial score (nSPS) is 23.5. The van der Waals surface area contributed by atoms with Gasteiger partial charge in [-0.2, -0.15) is 0 Å². The summed E-state index contributed by atoms with van der Waals surface area (Å²) in [5, 5.41) is 20.7. The molecule has 1 fully saturated rings. The quantitative estimate of drug-likeness (QED) is 0.766. The second-order valence-electron chi connectivity index (χ2n) is 7.29. The summed E-state index contributed by atoms with van der Waals surface area (Å²) in [5.74, 6) is 0.833. The number of aliphatic carboxylic acids is 1. The zero-order valence-electron chi connectivity index (χ0n) is 14.7. The van der Waals surface area contributed by atoms with Crippen LogP contribution in [0.1, 0.15) is 63.0 Å². The van der Waals surface area contributed by atoms with Crippen molar-refractivity contribution in [2.75, 3.05) is 6.54 Å². The lowest BCUT2D eigenvalue weighted by Gasteiger charge is -2.25. The van der Waals surface area contributed by atoms with Crippen LogP contribution in [0, 0.1) is 11.8 Å². The largest absolute Gasteiger partial charge is 0.481 e. The molecule has 1 aromatic heterocycles. The predicted molar refractivity (Wildman–Crippen MR) is 92.0 cm³/mol. The molecule has 25 heavy (non-hydrogen) atoms. The van der Waals surface area contributed by atoms with E-state index in [1.165, 1.54) is 19.3 Å². The van der Waals surface area contributed by atoms with E-state index in [1.807, 2.05) is 0 Å². The lowest BCUT2D eigenvalue weighted by Crippen LogP contribution is -2.36. The number of hydrogen-bond acceptors (Lipinski definition) is 4. The molecule has 2 heterocycles. The van der Waals surface area contributed by atoms with Crippen molar-refractivity contribution in [3.63, 3.8) is 0 Å². The first-order valence-electron chi connectivity index (χ1n) is 9.56. The van der Waals surface area contributed by atoms with Gasteiger partial charge in [0.05, 0.1) is 5.92 Å². The molecule has 1 aromatic rings. The maximum atomic E-state index is 12.3. The van der Waals surface area contributed by atoms with Gasteiger partial charge < -0.3 is 15.0 Å². The summed E-state index contributed by atoms with van der Waals surface area (Å²) < 4.78 is 2.24. The fourth-order valence-corrected chi connectivity index (χ4v) is 3.98. The van der Waals surface area contributed by atoms with Crippen molar-refractivity contribution >= 4 is 11.9 Å². The minimum atomic E-state index is -0.773. The Labute approximate surface area is 148 Å². The number of carboxylic acid groups (broad SMARTS) is 1. The van der Waals surface area contributed by atoms with Gasteiger partial charge in [-0.3, -0.25) is 9.59 Å². The number of carboxylic acids is 1. The van der Waals surface area contributed by atoms with Gasteiger partial charge >= 0.3 is 5.97 Å². The van der Waals surface area contributed by atoms with Crippen LogP contribution in [0.25, 0.3) is 0 Å². The summed E-state index contributed by atoms with van der Waals surface area (Å²) in [4.78, 5) is 23.4. The first-order chi connectivity index (χ1) is 12.1. The topological polar surface area (TPSA) is 97.1 Å². The van der Waals surface area contributed by atoms with Crippen LogP contribution >= 0.6 is 0 Å². The van der Waals surface area contributed by atoms with Crippen molar-refractivity contribution in [1.29, 1.82) is 0 Å². The SMILES string of the molecule is O=C(O)C1CCCC(C(=O)NCCCc2nnc3n2CCCCC3)C1. The standard InChI is InChI=1S/C18H28N4O3/c23-17(13-6-4-7-14(12-13)18(24)25)19-10-5-9-16-21-20-15-8-2-1-3-11-22(15)16/h13-14H,1-12H2,(H,19,23)(H,24,25). The van der Waals surface area contributed by atoms with Crippen molar-refractivity contribution < 1.29 is 14.7 Å². The number of nitrogens with one attached hydrogen (secondary N) is 1. The molecule has 7 nitrogen and oxygen atoms in total. The van der Waals surface area contributed by atoms with E-state index in [9.17, 15) is 9.59 Å². The maximum absolute atomic E-state index is 12.3. The summed E-state index contributed by atoms with van der Waals surface area (Å²) in [7, 11) is 0. The molecule has 1 aliphatic carbocycles. The Morgan fingerprint density at radius 1 is 1.12 bits per heavy atom. The number of aromatic nitrogens is 3. The molecule has 138 valence electrons. The number of aryl methyl sites for hydroxylation is 2. The molecule has 0 saturated heterocycles. The Bertz CT molecular complexity index is 613. The molecule has 0 radical (unpaired) electrons. The zero-order valence-corrected chi connectivity index (χ0v) is 14.7. The summed E-state index contributed by atoms with van der Waals surface area (Å²) in [6.45, 7) is 1.61. The minimum absolute atomic E-state index is 0.00558. The van der Waals surface area contributed by atoms with Gasteiger partial charge in [-0.05, 0) is 38.5 Å². The third-order valence-electron chi connectivity index (χ3n) is 5.46. The molecule has 1 saturated carbocycles. The van der Waals surface area contributed by atoms with E-state index in [0.29, 0.717) is 19.4 Å². The number of hydrogen-bond donors (Lipinski definition) is 2. The number of rotatable bonds is 6. The van der Waals surface area contributed by atoms with Crippen LogP contribution in [-0.4, -0.2) is 38.3 Å². The summed E-state index contributed by atoms with van der Waals surface area (Å²) in [5.41, 5.74) is 0. The van der Waals surface area contributed by atoms with Crippen LogP contribution in [0.3, 0.4) is 0 Å². The van der Waals surface area contributed by atoms with Crippen molar-refractivity contribution in [3.05, 3.63) is 11.6 Å². The molecule has 0 bridgehead atoms. The average molecular weight is 348 g/mol. The van der Waals surface area contributed by atoms with Crippen molar-refractivity contribution in [2.45, 2.75) is 70.8 Å². The Kier molecular flexibility index (Phi) is 6.04. The fourth-order valence-electron chi connectivity index (χ4n) is 3.98. The highest BCUT2D eigenvalue weighted by Crippen LogP contribution is 2.29. The lowest BCUT2D eigenvalue weighted by molar-refractivity contribution is -0.144. The number of nitrogens with zero attached hydrogens (tertiary/aromatic N) is 3. The van der Waals surface area contributed by atoms with Crippen LogP contribution in [0.2, 0.25) is 0 Å². The highest BCUT2D eigenvalue weighted by molar-refractivity contribution is 5.80. The van der Waals surface area contributed by atoms with E-state index < -0.39 is 5.97 Å². The van der Waals surface area contributed by atoms with Crippen LogP contribution < -0.4 is 5.32 Å². The molecule has 2 atom stereocenters. The third kappa shape index (κ3) is 4.58. The third-order valence-corrected chi connectivity index (χ3v) is 5.46. The molecule has 1 aliphatic heterocycles. The van der Waals surface area contributed by atoms with Crippen LogP contribution in [-0.2, 0) is 29.0 Å². The van der Waals surface area contributed by atoms with E-state index >= 15 is 0 Å². The van der Waals surface area contributed by atoms with Gasteiger partial charge in [-0.15, -0.1) is 10.2 Å². The maximum Gasteiger partial charge on any atom is 0.306 e. The molecule has 2 unspecified atom stereocenters. The van der Waals surface area contributed by atoms with Gasteiger partial charge in [0.2, 0.25) is 5.91 Å². The Morgan fingerprint density at radius 2 is 1.96 bits per heavy atom. The van der Waals surface area contributed by atoms with Crippen LogP contribution in [0.5, 0.6) is 0 Å². The number of carbonyl (C=O) groups excluding carboxylic acids is 1. The molecule has 0 spiro atoms. The predicted octanol–water partition coefficient (Wildman–Crippen LogP) is 1.94. The van der Waals surface area contributed by atoms with Crippen molar-refractivity contribution in [3.8, 4) is 0 Å². The molecule has 3 rings (SSSR count). The van der Waals surface area contributed by atoms with E-state index in [0.717, 1.165) is 50.3 Å². The van der Waals surface area contributed by atoms with Gasteiger partial charge in [0, 0.05) is 31.8 Å². The second kappa shape index (κ2) is 8.45. The molecule has 7 heteroatoms. The first-order valence-corrected chi connectivity index (χ1v) is 9.56. The lowest BCUT2D eigenvalue weighted by atomic mass is 9.81. The van der Waals surface area contributed by atoms with Gasteiger partial charge in [-0.25, -0.2) is 0 Å². The molecular weight excluding hydrogens is 320 g/mol. The Balaban J connectivity index is 1.42. The van der Waals surface area contributed by atoms with E-state index in [2.05, 4.69) is 20.1 Å². The Morgan fingerprint density at radius 3 is 2.80 bits per heavy atom.